The molecule has 1 aromatic carbocycles. The van der Waals surface area contributed by atoms with Gasteiger partial charge in [-0.15, -0.1) is 0 Å². The number of pyridine rings is 1. The van der Waals surface area contributed by atoms with E-state index in [-0.39, 0.29) is 5.56 Å². The number of rotatable bonds is 2. The summed E-state index contributed by atoms with van der Waals surface area (Å²) in [6.07, 6.45) is 0. The summed E-state index contributed by atoms with van der Waals surface area (Å²) in [6.45, 7) is 1.73. The molecule has 1 aromatic heterocycles. The third-order valence-electron chi connectivity index (χ3n) is 2.81. The number of halogens is 2. The molecule has 0 spiro atoms. The maximum absolute atomic E-state index is 11.9. The van der Waals surface area contributed by atoms with Gasteiger partial charge in [0, 0.05) is 17.1 Å². The van der Waals surface area contributed by atoms with Crippen LogP contribution in [0.3, 0.4) is 0 Å². The first-order valence-corrected chi connectivity index (χ1v) is 6.75. The first-order valence-electron chi connectivity index (χ1n) is 5.58. The lowest BCUT2D eigenvalue weighted by atomic mass is 10.2. The molecule has 100 valence electrons. The van der Waals surface area contributed by atoms with Crippen molar-refractivity contribution in [3.8, 4) is 0 Å². The van der Waals surface area contributed by atoms with Gasteiger partial charge in [-0.05, 0) is 31.2 Å². The molecule has 1 heterocycles. The lowest BCUT2D eigenvalue weighted by Crippen LogP contribution is -2.22. The Kier molecular flexibility index (Phi) is 3.87. The molecular formula is C13H13BrClN3O. The van der Waals surface area contributed by atoms with Gasteiger partial charge in [-0.2, -0.15) is 0 Å². The summed E-state index contributed by atoms with van der Waals surface area (Å²) in [7, 11) is 1.67. The number of hydrogen-bond acceptors (Lipinski definition) is 3. The highest BCUT2D eigenvalue weighted by Gasteiger charge is 2.10. The number of aryl methyl sites for hydroxylation is 1. The summed E-state index contributed by atoms with van der Waals surface area (Å²) in [6, 6.07) is 7.09. The average molecular weight is 343 g/mol. The number of anilines is 3. The van der Waals surface area contributed by atoms with Gasteiger partial charge < -0.3 is 11.1 Å². The SMILES string of the molecule is Cc1cc(N)c(Nc2ccc(Br)cc2Cl)n(C)c1=O. The minimum absolute atomic E-state index is 0.0927. The maximum atomic E-state index is 11.9. The van der Waals surface area contributed by atoms with Crippen LogP contribution in [0.2, 0.25) is 5.02 Å². The van der Waals surface area contributed by atoms with E-state index in [0.717, 1.165) is 4.47 Å². The van der Waals surface area contributed by atoms with E-state index in [1.165, 1.54) is 4.57 Å². The van der Waals surface area contributed by atoms with Crippen LogP contribution in [0, 0.1) is 6.92 Å². The zero-order valence-corrected chi connectivity index (χ0v) is 12.8. The highest BCUT2D eigenvalue weighted by Crippen LogP contribution is 2.29. The van der Waals surface area contributed by atoms with Gasteiger partial charge in [0.2, 0.25) is 0 Å². The lowest BCUT2D eigenvalue weighted by molar-refractivity contribution is 0.861. The van der Waals surface area contributed by atoms with Crippen LogP contribution in [-0.2, 0) is 7.05 Å². The van der Waals surface area contributed by atoms with Gasteiger partial charge in [0.1, 0.15) is 5.82 Å². The van der Waals surface area contributed by atoms with Crippen LogP contribution >= 0.6 is 27.5 Å². The first-order chi connectivity index (χ1) is 8.90. The van der Waals surface area contributed by atoms with Crippen LogP contribution in [0.5, 0.6) is 0 Å². The summed E-state index contributed by atoms with van der Waals surface area (Å²) in [5.41, 5.74) is 7.64. The Morgan fingerprint density at radius 2 is 2.05 bits per heavy atom. The van der Waals surface area contributed by atoms with E-state index >= 15 is 0 Å². The molecule has 0 atom stereocenters. The molecule has 0 aliphatic carbocycles. The second-order valence-electron chi connectivity index (χ2n) is 4.24. The lowest BCUT2D eigenvalue weighted by Gasteiger charge is -2.15. The van der Waals surface area contributed by atoms with Crippen molar-refractivity contribution < 1.29 is 0 Å². The molecule has 3 N–H and O–H groups in total. The van der Waals surface area contributed by atoms with Crippen molar-refractivity contribution in [2.24, 2.45) is 7.05 Å². The van der Waals surface area contributed by atoms with Gasteiger partial charge >= 0.3 is 0 Å². The summed E-state index contributed by atoms with van der Waals surface area (Å²) < 4.78 is 2.36. The molecule has 2 rings (SSSR count). The van der Waals surface area contributed by atoms with Crippen molar-refractivity contribution in [3.05, 3.63) is 49.7 Å². The molecule has 4 nitrogen and oxygen atoms in total. The molecule has 0 aliphatic heterocycles. The van der Waals surface area contributed by atoms with Gasteiger partial charge in [0.15, 0.2) is 0 Å². The fourth-order valence-electron chi connectivity index (χ4n) is 1.80. The maximum Gasteiger partial charge on any atom is 0.254 e. The quantitative estimate of drug-likeness (QED) is 0.879. The van der Waals surface area contributed by atoms with Crippen molar-refractivity contribution in [2.75, 3.05) is 11.1 Å². The molecule has 0 aliphatic rings. The van der Waals surface area contributed by atoms with E-state index < -0.39 is 0 Å². The predicted molar refractivity (Wildman–Crippen MR) is 83.3 cm³/mol. The topological polar surface area (TPSA) is 60.0 Å². The number of benzene rings is 1. The minimum atomic E-state index is -0.0927. The number of nitrogens with one attached hydrogen (secondary N) is 1. The number of nitrogens with zero attached hydrogens (tertiary/aromatic N) is 1. The number of aromatic nitrogens is 1. The summed E-state index contributed by atoms with van der Waals surface area (Å²) in [5.74, 6) is 0.528. The zero-order chi connectivity index (χ0) is 14.2. The Morgan fingerprint density at radius 1 is 1.37 bits per heavy atom. The predicted octanol–water partition coefficient (Wildman–Crippen LogP) is 3.44. The monoisotopic (exact) mass is 341 g/mol. The largest absolute Gasteiger partial charge is 0.396 e. The van der Waals surface area contributed by atoms with Crippen LogP contribution in [0.15, 0.2) is 33.5 Å². The Hall–Kier alpha value is -1.46. The second-order valence-corrected chi connectivity index (χ2v) is 5.57. The van der Waals surface area contributed by atoms with E-state index in [0.29, 0.717) is 27.8 Å². The molecule has 0 fully saturated rings. The van der Waals surface area contributed by atoms with E-state index in [9.17, 15) is 4.79 Å². The Labute approximate surface area is 124 Å². The van der Waals surface area contributed by atoms with E-state index in [1.807, 2.05) is 12.1 Å². The summed E-state index contributed by atoms with van der Waals surface area (Å²) in [4.78, 5) is 11.9. The molecule has 19 heavy (non-hydrogen) atoms. The van der Waals surface area contributed by atoms with Crippen LogP contribution in [0.4, 0.5) is 17.2 Å². The van der Waals surface area contributed by atoms with E-state index in [2.05, 4.69) is 21.2 Å². The molecule has 0 saturated heterocycles. The fraction of sp³-hybridized carbons (Fsp3) is 0.154. The van der Waals surface area contributed by atoms with Crippen molar-refractivity contribution in [1.82, 2.24) is 4.57 Å². The van der Waals surface area contributed by atoms with Crippen LogP contribution in [0.1, 0.15) is 5.56 Å². The smallest absolute Gasteiger partial charge is 0.254 e. The third kappa shape index (κ3) is 2.77. The highest BCUT2D eigenvalue weighted by atomic mass is 79.9. The molecular weight excluding hydrogens is 330 g/mol. The summed E-state index contributed by atoms with van der Waals surface area (Å²) in [5, 5.41) is 3.63. The molecule has 0 amide bonds. The molecule has 0 unspecified atom stereocenters. The number of hydrogen-bond donors (Lipinski definition) is 2. The van der Waals surface area contributed by atoms with Crippen LogP contribution < -0.4 is 16.6 Å². The second kappa shape index (κ2) is 5.27. The van der Waals surface area contributed by atoms with Crippen molar-refractivity contribution >= 4 is 44.7 Å². The van der Waals surface area contributed by atoms with Gasteiger partial charge in [-0.25, -0.2) is 0 Å². The van der Waals surface area contributed by atoms with Gasteiger partial charge in [-0.3, -0.25) is 9.36 Å². The summed E-state index contributed by atoms with van der Waals surface area (Å²) >= 11 is 9.47. The average Bonchev–Trinajstić information content (AvgIpc) is 2.34. The van der Waals surface area contributed by atoms with Gasteiger partial charge in [0.25, 0.3) is 5.56 Å². The first kappa shape index (κ1) is 14.0. The van der Waals surface area contributed by atoms with Crippen molar-refractivity contribution in [1.29, 1.82) is 0 Å². The molecule has 2 aromatic rings. The molecule has 0 radical (unpaired) electrons. The van der Waals surface area contributed by atoms with E-state index in [4.69, 9.17) is 17.3 Å². The highest BCUT2D eigenvalue weighted by molar-refractivity contribution is 9.10. The van der Waals surface area contributed by atoms with Gasteiger partial charge in [-0.1, -0.05) is 27.5 Å². The normalized spacial score (nSPS) is 10.5. The standard InChI is InChI=1S/C13H13BrClN3O/c1-7-5-10(16)12(18(2)13(7)19)17-11-4-3-8(14)6-9(11)15/h3-6,17H,16H2,1-2H3. The number of nitrogens with two attached hydrogens (primary N) is 1. The molecule has 0 saturated carbocycles. The van der Waals surface area contributed by atoms with Crippen LogP contribution in [-0.4, -0.2) is 4.57 Å². The Morgan fingerprint density at radius 3 is 2.68 bits per heavy atom. The van der Waals surface area contributed by atoms with Crippen molar-refractivity contribution in [3.63, 3.8) is 0 Å². The van der Waals surface area contributed by atoms with Gasteiger partial charge in [0.05, 0.1) is 16.4 Å². The van der Waals surface area contributed by atoms with E-state index in [1.54, 1.807) is 26.1 Å². The Balaban J connectivity index is 2.50. The molecule has 6 heteroatoms. The van der Waals surface area contributed by atoms with Crippen molar-refractivity contribution in [2.45, 2.75) is 6.92 Å². The minimum Gasteiger partial charge on any atom is -0.396 e. The Bertz CT molecular complexity index is 697. The fourth-order valence-corrected chi connectivity index (χ4v) is 2.52. The van der Waals surface area contributed by atoms with Crippen LogP contribution in [0.25, 0.3) is 0 Å². The molecule has 0 bridgehead atoms. The third-order valence-corrected chi connectivity index (χ3v) is 3.61. The number of nitrogen functional groups attached to an aromatic ring is 1. The zero-order valence-electron chi connectivity index (χ0n) is 10.5.